The zero-order chi connectivity index (χ0) is 14.8. The van der Waals surface area contributed by atoms with Crippen LogP contribution in [-0.4, -0.2) is 50.0 Å². The van der Waals surface area contributed by atoms with Gasteiger partial charge < -0.3 is 16.3 Å². The van der Waals surface area contributed by atoms with E-state index >= 15 is 0 Å². The molecule has 19 heavy (non-hydrogen) atoms. The van der Waals surface area contributed by atoms with Crippen molar-refractivity contribution in [2.24, 2.45) is 11.6 Å². The summed E-state index contributed by atoms with van der Waals surface area (Å²) in [5.41, 5.74) is 8.21. The average molecular weight is 281 g/mol. The molecular weight excluding hydrogens is 250 g/mol. The Labute approximate surface area is 116 Å². The van der Waals surface area contributed by atoms with Crippen LogP contribution in [0, 0.1) is 0 Å². The van der Waals surface area contributed by atoms with Crippen molar-refractivity contribution in [3.8, 4) is 0 Å². The molecule has 0 unspecified atom stereocenters. The maximum Gasteiger partial charge on any atom is 0.0733 e. The van der Waals surface area contributed by atoms with Gasteiger partial charge in [-0.05, 0) is 38.9 Å². The summed E-state index contributed by atoms with van der Waals surface area (Å²) >= 11 is 0. The molecule has 0 saturated carbocycles. The highest BCUT2D eigenvalue weighted by atomic mass is 17.3. The Bertz CT molecular complexity index is 146. The predicted molar refractivity (Wildman–Crippen MR) is 74.8 cm³/mol. The van der Waals surface area contributed by atoms with Gasteiger partial charge in [0.1, 0.15) is 0 Å². The van der Waals surface area contributed by atoms with E-state index < -0.39 is 0 Å². The van der Waals surface area contributed by atoms with Gasteiger partial charge in [0, 0.05) is 13.1 Å². The van der Waals surface area contributed by atoms with Gasteiger partial charge in [-0.1, -0.05) is 13.3 Å². The molecule has 0 bridgehead atoms. The molecule has 8 heteroatoms. The lowest BCUT2D eigenvalue weighted by molar-refractivity contribution is -0.353. The predicted octanol–water partition coefficient (Wildman–Crippen LogP) is -0.251. The SMILES string of the molecule is CCCCNCCCN(CCCN)NOOC.NO. The quantitative estimate of drug-likeness (QED) is 0.178. The lowest BCUT2D eigenvalue weighted by Gasteiger charge is -2.21. The second-order valence-electron chi connectivity index (χ2n) is 3.93. The monoisotopic (exact) mass is 281 g/mol. The highest BCUT2D eigenvalue weighted by molar-refractivity contribution is 4.54. The number of hydrazine groups is 1. The van der Waals surface area contributed by atoms with Gasteiger partial charge in [0.2, 0.25) is 0 Å². The molecular formula is C11H31N5O3. The van der Waals surface area contributed by atoms with Gasteiger partial charge in [0.25, 0.3) is 0 Å². The Morgan fingerprint density at radius 3 is 2.32 bits per heavy atom. The van der Waals surface area contributed by atoms with Crippen molar-refractivity contribution in [2.75, 3.05) is 39.8 Å². The van der Waals surface area contributed by atoms with Crippen LogP contribution in [0.2, 0.25) is 0 Å². The summed E-state index contributed by atoms with van der Waals surface area (Å²) in [5, 5.41) is 11.9. The molecule has 0 aliphatic heterocycles. The van der Waals surface area contributed by atoms with Gasteiger partial charge in [0.05, 0.1) is 7.11 Å². The van der Waals surface area contributed by atoms with Crippen LogP contribution < -0.4 is 22.5 Å². The Morgan fingerprint density at radius 1 is 1.11 bits per heavy atom. The molecule has 118 valence electrons. The first kappa shape index (κ1) is 21.0. The van der Waals surface area contributed by atoms with Gasteiger partial charge >= 0.3 is 0 Å². The van der Waals surface area contributed by atoms with Crippen molar-refractivity contribution in [1.29, 1.82) is 0 Å². The molecule has 0 radical (unpaired) electrons. The molecule has 0 amide bonds. The molecule has 0 aliphatic rings. The summed E-state index contributed by atoms with van der Waals surface area (Å²) < 4.78 is 0. The van der Waals surface area contributed by atoms with Crippen LogP contribution in [0.25, 0.3) is 0 Å². The highest BCUT2D eigenvalue weighted by Gasteiger charge is 2.03. The van der Waals surface area contributed by atoms with Crippen LogP contribution in [0.3, 0.4) is 0 Å². The summed E-state index contributed by atoms with van der Waals surface area (Å²) in [5.74, 6) is 3.50. The van der Waals surface area contributed by atoms with E-state index in [1.165, 1.54) is 20.0 Å². The van der Waals surface area contributed by atoms with Crippen molar-refractivity contribution in [3.05, 3.63) is 0 Å². The third-order valence-corrected chi connectivity index (χ3v) is 2.37. The number of nitrogens with one attached hydrogen (secondary N) is 2. The zero-order valence-corrected chi connectivity index (χ0v) is 12.2. The van der Waals surface area contributed by atoms with Crippen LogP contribution in [-0.2, 0) is 9.88 Å². The largest absolute Gasteiger partial charge is 0.330 e. The zero-order valence-electron chi connectivity index (χ0n) is 12.2. The number of nitrogens with zero attached hydrogens (tertiary/aromatic N) is 1. The van der Waals surface area contributed by atoms with E-state index in [-0.39, 0.29) is 0 Å². The topological polar surface area (TPSA) is 118 Å². The van der Waals surface area contributed by atoms with E-state index in [0.717, 1.165) is 39.0 Å². The van der Waals surface area contributed by atoms with Crippen molar-refractivity contribution in [1.82, 2.24) is 15.9 Å². The van der Waals surface area contributed by atoms with E-state index in [1.807, 2.05) is 5.01 Å². The molecule has 0 heterocycles. The van der Waals surface area contributed by atoms with Crippen molar-refractivity contribution < 1.29 is 15.1 Å². The van der Waals surface area contributed by atoms with Crippen LogP contribution in [0.1, 0.15) is 32.6 Å². The Hall–Kier alpha value is -0.320. The van der Waals surface area contributed by atoms with E-state index in [9.17, 15) is 0 Å². The lowest BCUT2D eigenvalue weighted by atomic mass is 10.3. The van der Waals surface area contributed by atoms with Crippen LogP contribution in [0.15, 0.2) is 0 Å². The van der Waals surface area contributed by atoms with Gasteiger partial charge in [-0.3, -0.25) is 0 Å². The second kappa shape index (κ2) is 20.0. The van der Waals surface area contributed by atoms with E-state index in [2.05, 4.69) is 28.6 Å². The molecule has 0 fully saturated rings. The summed E-state index contributed by atoms with van der Waals surface area (Å²) in [6.07, 6.45) is 4.47. The molecule has 0 aromatic heterocycles. The normalized spacial score (nSPS) is 10.4. The number of hydrogen-bond donors (Lipinski definition) is 5. The fraction of sp³-hybridized carbons (Fsp3) is 1.00. The molecule has 0 aromatic rings. The Balaban J connectivity index is 0. The molecule has 0 saturated heterocycles. The van der Waals surface area contributed by atoms with Crippen LogP contribution in [0.5, 0.6) is 0 Å². The summed E-state index contributed by atoms with van der Waals surface area (Å²) in [6, 6.07) is 0. The summed E-state index contributed by atoms with van der Waals surface area (Å²) in [4.78, 5) is 9.22. The first-order chi connectivity index (χ1) is 9.35. The van der Waals surface area contributed by atoms with Gasteiger partial charge in [-0.2, -0.15) is 0 Å². The van der Waals surface area contributed by atoms with Crippen LogP contribution >= 0.6 is 0 Å². The molecule has 0 aromatic carbocycles. The highest BCUT2D eigenvalue weighted by Crippen LogP contribution is 1.90. The van der Waals surface area contributed by atoms with Gasteiger partial charge in [-0.25, -0.2) is 15.8 Å². The number of nitrogens with two attached hydrogens (primary N) is 2. The smallest absolute Gasteiger partial charge is 0.0733 e. The third-order valence-electron chi connectivity index (χ3n) is 2.37. The minimum absolute atomic E-state index is 0.680. The molecule has 0 aliphatic carbocycles. The van der Waals surface area contributed by atoms with E-state index in [0.29, 0.717) is 6.54 Å². The molecule has 0 atom stereocenters. The minimum atomic E-state index is 0.680. The molecule has 7 N–H and O–H groups in total. The van der Waals surface area contributed by atoms with Crippen molar-refractivity contribution in [3.63, 3.8) is 0 Å². The summed E-state index contributed by atoms with van der Waals surface area (Å²) in [6.45, 7) is 6.76. The first-order valence-electron chi connectivity index (χ1n) is 6.72. The Morgan fingerprint density at radius 2 is 1.74 bits per heavy atom. The maximum absolute atomic E-state index is 6.50. The lowest BCUT2D eigenvalue weighted by Crippen LogP contribution is -2.40. The second-order valence-corrected chi connectivity index (χ2v) is 3.93. The number of hydrogen-bond acceptors (Lipinski definition) is 8. The molecule has 0 rings (SSSR count). The van der Waals surface area contributed by atoms with Crippen molar-refractivity contribution in [2.45, 2.75) is 32.6 Å². The maximum atomic E-state index is 6.50. The van der Waals surface area contributed by atoms with Gasteiger partial charge in [-0.15, -0.1) is 10.6 Å². The standard InChI is InChI=1S/C11H28N4O2.H3NO/c1-3-4-8-13-9-6-11-15(10-5-7-12)14-17-16-2;1-2/h13-14H,3-12H2,1-2H3;2H,1H2. The fourth-order valence-electron chi connectivity index (χ4n) is 1.40. The first-order valence-corrected chi connectivity index (χ1v) is 6.72. The van der Waals surface area contributed by atoms with E-state index in [1.54, 1.807) is 0 Å². The fourth-order valence-corrected chi connectivity index (χ4v) is 1.40. The Kier molecular flexibility index (Phi) is 22.1. The molecule has 0 spiro atoms. The average Bonchev–Trinajstić information content (AvgIpc) is 2.46. The van der Waals surface area contributed by atoms with E-state index in [4.69, 9.17) is 15.9 Å². The minimum Gasteiger partial charge on any atom is -0.330 e. The number of rotatable bonds is 13. The number of unbranched alkanes of at least 4 members (excludes halogenated alkanes) is 1. The van der Waals surface area contributed by atoms with Gasteiger partial charge in [0.15, 0.2) is 0 Å². The summed E-state index contributed by atoms with van der Waals surface area (Å²) in [7, 11) is 1.47. The van der Waals surface area contributed by atoms with Crippen molar-refractivity contribution >= 4 is 0 Å². The third kappa shape index (κ3) is 17.7. The molecule has 8 nitrogen and oxygen atoms in total. The van der Waals surface area contributed by atoms with Crippen LogP contribution in [0.4, 0.5) is 0 Å².